The number of hydrogen-bond donors (Lipinski definition) is 1. The van der Waals surface area contributed by atoms with Gasteiger partial charge in [0.15, 0.2) is 11.5 Å². The number of methoxy groups -OCH3 is 2. The number of carbonyl (C=O) groups excluding carboxylic acids is 3. The molecule has 0 bridgehead atoms. The second-order valence-corrected chi connectivity index (χ2v) is 5.77. The Kier molecular flexibility index (Phi) is 6.02. The van der Waals surface area contributed by atoms with E-state index in [2.05, 4.69) is 26.0 Å². The van der Waals surface area contributed by atoms with Crippen molar-refractivity contribution in [2.24, 2.45) is 0 Å². The molecule has 1 aliphatic rings. The second kappa shape index (κ2) is 8.02. The zero-order chi connectivity index (χ0) is 18.6. The quantitative estimate of drug-likeness (QED) is 0.435. The maximum atomic E-state index is 12.3. The highest BCUT2D eigenvalue weighted by atomic mass is 79.9. The molecule has 0 saturated carbocycles. The van der Waals surface area contributed by atoms with Crippen molar-refractivity contribution >= 4 is 39.9 Å². The van der Waals surface area contributed by atoms with Gasteiger partial charge in [0.25, 0.3) is 5.91 Å². The van der Waals surface area contributed by atoms with Gasteiger partial charge in [0.1, 0.15) is 12.2 Å². The molecule has 0 aromatic heterocycles. The van der Waals surface area contributed by atoms with E-state index in [1.165, 1.54) is 20.3 Å². The van der Waals surface area contributed by atoms with Crippen LogP contribution in [0.3, 0.4) is 0 Å². The van der Waals surface area contributed by atoms with E-state index in [0.717, 1.165) is 4.90 Å². The number of halogens is 1. The van der Waals surface area contributed by atoms with E-state index in [1.807, 2.05) is 6.92 Å². The van der Waals surface area contributed by atoms with Gasteiger partial charge in [-0.3, -0.25) is 9.59 Å². The molecule has 25 heavy (non-hydrogen) atoms. The molecule has 2 rings (SSSR count). The monoisotopic (exact) mass is 412 g/mol. The molecule has 8 nitrogen and oxygen atoms in total. The number of amides is 3. The standard InChI is InChI=1S/C16H17BrN2O6/c1-4-25-13-6-9(10(17)7-12(13)23-2)5-11-15(21)19(16(22)18-11)8-14(20)24-3/h5-7H,4,8H2,1-3H3,(H,18,22)/b11-5+. The number of benzene rings is 1. The molecule has 1 aromatic carbocycles. The normalized spacial score (nSPS) is 15.4. The summed E-state index contributed by atoms with van der Waals surface area (Å²) in [6, 6.07) is 2.70. The lowest BCUT2D eigenvalue weighted by Gasteiger charge is -2.12. The molecule has 3 amide bonds. The highest BCUT2D eigenvalue weighted by Crippen LogP contribution is 2.34. The fourth-order valence-electron chi connectivity index (χ4n) is 2.15. The largest absolute Gasteiger partial charge is 0.493 e. The van der Waals surface area contributed by atoms with Crippen LogP contribution in [0.25, 0.3) is 6.08 Å². The predicted molar refractivity (Wildman–Crippen MR) is 92.1 cm³/mol. The number of imide groups is 1. The first kappa shape index (κ1) is 18.8. The Bertz CT molecular complexity index is 746. The molecule has 0 atom stereocenters. The first-order valence-corrected chi connectivity index (χ1v) is 8.12. The maximum absolute atomic E-state index is 12.3. The van der Waals surface area contributed by atoms with Crippen molar-refractivity contribution in [1.82, 2.24) is 10.2 Å². The number of nitrogens with one attached hydrogen (secondary N) is 1. The molecule has 1 N–H and O–H groups in total. The molecule has 1 heterocycles. The molecule has 1 aromatic rings. The van der Waals surface area contributed by atoms with Crippen molar-refractivity contribution in [1.29, 1.82) is 0 Å². The van der Waals surface area contributed by atoms with E-state index in [1.54, 1.807) is 12.1 Å². The van der Waals surface area contributed by atoms with Crippen LogP contribution >= 0.6 is 15.9 Å². The SMILES string of the molecule is CCOc1cc(/C=C2/NC(=O)N(CC(=O)OC)C2=O)c(Br)cc1OC. The fraction of sp³-hybridized carbons (Fsp3) is 0.312. The van der Waals surface area contributed by atoms with Crippen LogP contribution in [0.1, 0.15) is 12.5 Å². The number of urea groups is 1. The van der Waals surface area contributed by atoms with Crippen LogP contribution in [-0.2, 0) is 14.3 Å². The summed E-state index contributed by atoms with van der Waals surface area (Å²) in [6.45, 7) is 1.83. The van der Waals surface area contributed by atoms with E-state index in [9.17, 15) is 14.4 Å². The Morgan fingerprint density at radius 2 is 2.00 bits per heavy atom. The average molecular weight is 413 g/mol. The van der Waals surface area contributed by atoms with Crippen LogP contribution in [0.5, 0.6) is 11.5 Å². The minimum atomic E-state index is -0.686. The Hall–Kier alpha value is -2.55. The van der Waals surface area contributed by atoms with Crippen molar-refractivity contribution in [3.8, 4) is 11.5 Å². The van der Waals surface area contributed by atoms with E-state index in [4.69, 9.17) is 9.47 Å². The van der Waals surface area contributed by atoms with Gasteiger partial charge < -0.3 is 19.5 Å². The number of rotatable bonds is 6. The summed E-state index contributed by atoms with van der Waals surface area (Å²) in [5.74, 6) is -0.265. The topological polar surface area (TPSA) is 94.2 Å². The Balaban J connectivity index is 2.34. The summed E-state index contributed by atoms with van der Waals surface area (Å²) in [4.78, 5) is 36.3. The average Bonchev–Trinajstić information content (AvgIpc) is 2.85. The first-order valence-electron chi connectivity index (χ1n) is 7.33. The molecule has 1 aliphatic heterocycles. The minimum absolute atomic E-state index is 0.0437. The maximum Gasteiger partial charge on any atom is 0.329 e. The third-order valence-corrected chi connectivity index (χ3v) is 4.05. The van der Waals surface area contributed by atoms with Crippen LogP contribution in [0.2, 0.25) is 0 Å². The Morgan fingerprint density at radius 1 is 1.28 bits per heavy atom. The van der Waals surface area contributed by atoms with Gasteiger partial charge in [-0.2, -0.15) is 0 Å². The molecule has 1 saturated heterocycles. The van der Waals surface area contributed by atoms with Gasteiger partial charge in [0.2, 0.25) is 0 Å². The van der Waals surface area contributed by atoms with Crippen LogP contribution in [-0.4, -0.2) is 50.2 Å². The zero-order valence-electron chi connectivity index (χ0n) is 13.9. The van der Waals surface area contributed by atoms with Gasteiger partial charge in [-0.25, -0.2) is 9.69 Å². The lowest BCUT2D eigenvalue weighted by Crippen LogP contribution is -2.36. The summed E-state index contributed by atoms with van der Waals surface area (Å²) >= 11 is 3.39. The van der Waals surface area contributed by atoms with E-state index in [-0.39, 0.29) is 5.70 Å². The number of nitrogens with zero attached hydrogens (tertiary/aromatic N) is 1. The van der Waals surface area contributed by atoms with Crippen LogP contribution in [0.4, 0.5) is 4.79 Å². The number of hydrogen-bond acceptors (Lipinski definition) is 6. The van der Waals surface area contributed by atoms with Crippen molar-refractivity contribution in [3.63, 3.8) is 0 Å². The number of ether oxygens (including phenoxy) is 3. The molecular formula is C16H17BrN2O6. The minimum Gasteiger partial charge on any atom is -0.493 e. The predicted octanol–water partition coefficient (Wildman–Crippen LogP) is 1.92. The smallest absolute Gasteiger partial charge is 0.329 e. The number of carbonyl (C=O) groups is 3. The van der Waals surface area contributed by atoms with Gasteiger partial charge in [-0.1, -0.05) is 15.9 Å². The molecule has 9 heteroatoms. The molecule has 1 fully saturated rings. The van der Waals surface area contributed by atoms with Gasteiger partial charge in [0.05, 0.1) is 20.8 Å². The fourth-order valence-corrected chi connectivity index (χ4v) is 2.59. The number of esters is 1. The molecule has 134 valence electrons. The zero-order valence-corrected chi connectivity index (χ0v) is 15.5. The highest BCUT2D eigenvalue weighted by Gasteiger charge is 2.35. The van der Waals surface area contributed by atoms with Gasteiger partial charge in [0, 0.05) is 4.47 Å². The van der Waals surface area contributed by atoms with Crippen molar-refractivity contribution in [3.05, 3.63) is 27.9 Å². The van der Waals surface area contributed by atoms with Crippen molar-refractivity contribution in [2.75, 3.05) is 27.4 Å². The summed E-state index contributed by atoms with van der Waals surface area (Å²) in [6.07, 6.45) is 1.49. The summed E-state index contributed by atoms with van der Waals surface area (Å²) in [5, 5.41) is 2.44. The lowest BCUT2D eigenvalue weighted by molar-refractivity contribution is -0.143. The molecule has 0 unspecified atom stereocenters. The summed E-state index contributed by atoms with van der Waals surface area (Å²) in [5.41, 5.74) is 0.648. The summed E-state index contributed by atoms with van der Waals surface area (Å²) in [7, 11) is 2.70. The van der Waals surface area contributed by atoms with Crippen molar-refractivity contribution < 1.29 is 28.6 Å². The molecule has 0 radical (unpaired) electrons. The summed E-state index contributed by atoms with van der Waals surface area (Å²) < 4.78 is 15.9. The molecule has 0 spiro atoms. The van der Waals surface area contributed by atoms with E-state index < -0.39 is 24.5 Å². The first-order chi connectivity index (χ1) is 11.9. The third kappa shape index (κ3) is 4.11. The van der Waals surface area contributed by atoms with Crippen LogP contribution in [0.15, 0.2) is 22.3 Å². The van der Waals surface area contributed by atoms with Crippen LogP contribution < -0.4 is 14.8 Å². The second-order valence-electron chi connectivity index (χ2n) is 4.91. The van der Waals surface area contributed by atoms with Crippen molar-refractivity contribution in [2.45, 2.75) is 6.92 Å². The van der Waals surface area contributed by atoms with E-state index >= 15 is 0 Å². The Morgan fingerprint density at radius 3 is 2.60 bits per heavy atom. The van der Waals surface area contributed by atoms with Gasteiger partial charge >= 0.3 is 12.0 Å². The van der Waals surface area contributed by atoms with E-state index in [0.29, 0.717) is 28.1 Å². The van der Waals surface area contributed by atoms with Gasteiger partial charge in [-0.05, 0) is 30.7 Å². The van der Waals surface area contributed by atoms with Gasteiger partial charge in [-0.15, -0.1) is 0 Å². The lowest BCUT2D eigenvalue weighted by atomic mass is 10.1. The Labute approximate surface area is 152 Å². The highest BCUT2D eigenvalue weighted by molar-refractivity contribution is 9.10. The van der Waals surface area contributed by atoms with Crippen LogP contribution in [0, 0.1) is 0 Å². The molecule has 0 aliphatic carbocycles. The molecular weight excluding hydrogens is 396 g/mol. The third-order valence-electron chi connectivity index (χ3n) is 3.36.